The Bertz CT molecular complexity index is 1400. The lowest BCUT2D eigenvalue weighted by atomic mass is 9.94. The molecule has 10 nitrogen and oxygen atoms in total. The van der Waals surface area contributed by atoms with E-state index >= 15 is 0 Å². The van der Waals surface area contributed by atoms with Crippen LogP contribution in [0.25, 0.3) is 10.9 Å². The lowest BCUT2D eigenvalue weighted by Crippen LogP contribution is -2.51. The van der Waals surface area contributed by atoms with E-state index in [-0.39, 0.29) is 30.2 Å². The maximum absolute atomic E-state index is 13.4. The average molecular weight is 576 g/mol. The third-order valence-electron chi connectivity index (χ3n) is 7.32. The molecule has 2 heterocycles. The second kappa shape index (κ2) is 13.5. The summed E-state index contributed by atoms with van der Waals surface area (Å²) in [5.74, 6) is -1.02. The molecule has 1 fully saturated rings. The third-order valence-corrected chi connectivity index (χ3v) is 7.32. The van der Waals surface area contributed by atoms with Gasteiger partial charge in [0, 0.05) is 49.1 Å². The Balaban J connectivity index is 1.35. The molecule has 0 aliphatic carbocycles. The number of aryl methyl sites for hydroxylation is 1. The van der Waals surface area contributed by atoms with Crippen molar-refractivity contribution in [1.29, 1.82) is 0 Å². The van der Waals surface area contributed by atoms with E-state index < -0.39 is 17.7 Å². The van der Waals surface area contributed by atoms with Crippen molar-refractivity contribution in [2.45, 2.75) is 65.1 Å². The number of nitrogens with zero attached hydrogens (tertiary/aromatic N) is 1. The molecule has 4 amide bonds. The smallest absolute Gasteiger partial charge is 0.408 e. The predicted molar refractivity (Wildman–Crippen MR) is 160 cm³/mol. The monoisotopic (exact) mass is 575 g/mol. The number of carbonyl (C=O) groups excluding carboxylic acids is 4. The van der Waals surface area contributed by atoms with Crippen molar-refractivity contribution in [3.05, 3.63) is 71.4 Å². The van der Waals surface area contributed by atoms with E-state index in [0.29, 0.717) is 38.9 Å². The Morgan fingerprint density at radius 2 is 1.69 bits per heavy atom. The number of carbonyl (C=O) groups is 4. The van der Waals surface area contributed by atoms with Crippen LogP contribution in [0.4, 0.5) is 4.79 Å². The standard InChI is InChI=1S/C32H41N5O5/c1-21-9-11-22(12-10-21)18-34-30(40)27(17-24-19-33-26-8-6-5-7-25(24)26)36-29(39)23-13-15-37(16-14-23)28(38)20-35-31(41)42-32(2,3)4/h5-12,19,23,27,33H,13-18,20H2,1-4H3,(H,34,40)(H,35,41)(H,36,39)/t27-/m0/s1. The summed E-state index contributed by atoms with van der Waals surface area (Å²) < 4.78 is 5.18. The van der Waals surface area contributed by atoms with Gasteiger partial charge < -0.3 is 30.6 Å². The second-order valence-corrected chi connectivity index (χ2v) is 11.8. The highest BCUT2D eigenvalue weighted by Gasteiger charge is 2.31. The molecule has 1 aromatic heterocycles. The van der Waals surface area contributed by atoms with Crippen LogP contribution in [0.3, 0.4) is 0 Å². The van der Waals surface area contributed by atoms with Gasteiger partial charge in [-0.3, -0.25) is 14.4 Å². The van der Waals surface area contributed by atoms with Crippen LogP contribution >= 0.6 is 0 Å². The van der Waals surface area contributed by atoms with Crippen LogP contribution in [-0.2, 0) is 32.1 Å². The maximum Gasteiger partial charge on any atom is 0.408 e. The van der Waals surface area contributed by atoms with Gasteiger partial charge in [0.15, 0.2) is 0 Å². The number of hydrogen-bond donors (Lipinski definition) is 4. The van der Waals surface area contributed by atoms with Gasteiger partial charge in [-0.1, -0.05) is 48.0 Å². The highest BCUT2D eigenvalue weighted by Crippen LogP contribution is 2.21. The van der Waals surface area contributed by atoms with Crippen LogP contribution in [0, 0.1) is 12.8 Å². The molecule has 10 heteroatoms. The first-order chi connectivity index (χ1) is 20.0. The summed E-state index contributed by atoms with van der Waals surface area (Å²) in [6.45, 7) is 8.24. The number of nitrogens with one attached hydrogen (secondary N) is 4. The van der Waals surface area contributed by atoms with Crippen molar-refractivity contribution in [3.63, 3.8) is 0 Å². The molecular formula is C32H41N5O5. The number of likely N-dealkylation sites (tertiary alicyclic amines) is 1. The van der Waals surface area contributed by atoms with E-state index in [0.717, 1.165) is 27.6 Å². The number of benzene rings is 2. The molecule has 1 aliphatic rings. The van der Waals surface area contributed by atoms with Crippen LogP contribution in [0.2, 0.25) is 0 Å². The molecule has 224 valence electrons. The second-order valence-electron chi connectivity index (χ2n) is 11.8. The summed E-state index contributed by atoms with van der Waals surface area (Å²) in [6, 6.07) is 15.0. The summed E-state index contributed by atoms with van der Waals surface area (Å²) in [5, 5.41) is 9.48. The van der Waals surface area contributed by atoms with Gasteiger partial charge in [-0.2, -0.15) is 0 Å². The molecule has 0 saturated carbocycles. The number of piperidine rings is 1. The molecule has 1 aliphatic heterocycles. The van der Waals surface area contributed by atoms with E-state index in [1.807, 2.05) is 61.7 Å². The third kappa shape index (κ3) is 8.58. The van der Waals surface area contributed by atoms with Gasteiger partial charge in [-0.15, -0.1) is 0 Å². The Morgan fingerprint density at radius 1 is 1.00 bits per heavy atom. The first-order valence-corrected chi connectivity index (χ1v) is 14.4. The van der Waals surface area contributed by atoms with Crippen LogP contribution in [-0.4, -0.2) is 65.0 Å². The molecular weight excluding hydrogens is 534 g/mol. The molecule has 1 saturated heterocycles. The molecule has 0 bridgehead atoms. The number of H-pyrrole nitrogens is 1. The van der Waals surface area contributed by atoms with Gasteiger partial charge in [-0.05, 0) is 57.7 Å². The molecule has 2 aromatic carbocycles. The predicted octanol–water partition coefficient (Wildman–Crippen LogP) is 3.58. The maximum atomic E-state index is 13.4. The van der Waals surface area contributed by atoms with Gasteiger partial charge in [0.1, 0.15) is 18.2 Å². The molecule has 0 unspecified atom stereocenters. The van der Waals surface area contributed by atoms with Crippen molar-refractivity contribution >= 4 is 34.7 Å². The number of fused-ring (bicyclic) bond motifs is 1. The van der Waals surface area contributed by atoms with Crippen LogP contribution in [0.5, 0.6) is 0 Å². The summed E-state index contributed by atoms with van der Waals surface area (Å²) in [6.07, 6.45) is 2.51. The van der Waals surface area contributed by atoms with Gasteiger partial charge in [0.05, 0.1) is 0 Å². The van der Waals surface area contributed by atoms with Gasteiger partial charge in [0.2, 0.25) is 17.7 Å². The fraction of sp³-hybridized carbons (Fsp3) is 0.438. The Kier molecular flexibility index (Phi) is 9.88. The van der Waals surface area contributed by atoms with Crippen molar-refractivity contribution in [3.8, 4) is 0 Å². The van der Waals surface area contributed by atoms with E-state index in [4.69, 9.17) is 4.74 Å². The van der Waals surface area contributed by atoms with E-state index in [1.54, 1.807) is 25.7 Å². The quantitative estimate of drug-likeness (QED) is 0.310. The number of hydrogen-bond acceptors (Lipinski definition) is 5. The molecule has 1 atom stereocenters. The van der Waals surface area contributed by atoms with E-state index in [9.17, 15) is 19.2 Å². The van der Waals surface area contributed by atoms with E-state index in [1.165, 1.54) is 0 Å². The van der Waals surface area contributed by atoms with Gasteiger partial charge in [0.25, 0.3) is 0 Å². The Morgan fingerprint density at radius 3 is 2.38 bits per heavy atom. The number of aromatic amines is 1. The van der Waals surface area contributed by atoms with Gasteiger partial charge >= 0.3 is 6.09 Å². The summed E-state index contributed by atoms with van der Waals surface area (Å²) in [5.41, 5.74) is 3.38. The minimum absolute atomic E-state index is 0.167. The Labute approximate surface area is 246 Å². The minimum atomic E-state index is -0.764. The fourth-order valence-corrected chi connectivity index (χ4v) is 5.00. The zero-order valence-corrected chi connectivity index (χ0v) is 24.8. The lowest BCUT2D eigenvalue weighted by Gasteiger charge is -2.32. The number of alkyl carbamates (subject to hydrolysis) is 1. The number of aromatic nitrogens is 1. The number of rotatable bonds is 9. The van der Waals surface area contributed by atoms with Crippen molar-refractivity contribution in [2.24, 2.45) is 5.92 Å². The van der Waals surface area contributed by atoms with Gasteiger partial charge in [-0.25, -0.2) is 4.79 Å². The fourth-order valence-electron chi connectivity index (χ4n) is 5.00. The minimum Gasteiger partial charge on any atom is -0.444 e. The number of ether oxygens (including phenoxy) is 1. The van der Waals surface area contributed by atoms with Crippen molar-refractivity contribution in [2.75, 3.05) is 19.6 Å². The zero-order valence-electron chi connectivity index (χ0n) is 24.8. The molecule has 4 N–H and O–H groups in total. The molecule has 0 spiro atoms. The van der Waals surface area contributed by atoms with Crippen molar-refractivity contribution in [1.82, 2.24) is 25.8 Å². The Hall–Kier alpha value is -4.34. The SMILES string of the molecule is Cc1ccc(CNC(=O)[C@H](Cc2c[nH]c3ccccc23)NC(=O)C2CCN(C(=O)CNC(=O)OC(C)(C)C)CC2)cc1. The highest BCUT2D eigenvalue weighted by molar-refractivity contribution is 5.90. The molecule has 3 aromatic rings. The normalized spacial score (nSPS) is 14.7. The first kappa shape index (κ1) is 30.6. The number of amides is 4. The largest absolute Gasteiger partial charge is 0.444 e. The topological polar surface area (TPSA) is 133 Å². The van der Waals surface area contributed by atoms with E-state index in [2.05, 4.69) is 20.9 Å². The van der Waals surface area contributed by atoms with Crippen LogP contribution in [0.1, 0.15) is 50.3 Å². The summed E-state index contributed by atoms with van der Waals surface area (Å²) >= 11 is 0. The molecule has 0 radical (unpaired) electrons. The number of para-hydroxylation sites is 1. The molecule has 42 heavy (non-hydrogen) atoms. The molecule has 4 rings (SSSR count). The first-order valence-electron chi connectivity index (χ1n) is 14.4. The lowest BCUT2D eigenvalue weighted by molar-refractivity contribution is -0.136. The summed E-state index contributed by atoms with van der Waals surface area (Å²) in [4.78, 5) is 56.1. The zero-order chi connectivity index (χ0) is 30.3. The summed E-state index contributed by atoms with van der Waals surface area (Å²) in [7, 11) is 0. The highest BCUT2D eigenvalue weighted by atomic mass is 16.6. The van der Waals surface area contributed by atoms with Crippen LogP contribution in [0.15, 0.2) is 54.7 Å². The van der Waals surface area contributed by atoms with Crippen molar-refractivity contribution < 1.29 is 23.9 Å². The average Bonchev–Trinajstić information content (AvgIpc) is 3.37. The van der Waals surface area contributed by atoms with Crippen LogP contribution < -0.4 is 16.0 Å².